The van der Waals surface area contributed by atoms with E-state index < -0.39 is 41.2 Å². The average Bonchev–Trinajstić information content (AvgIpc) is 3.31. The fourth-order valence-electron chi connectivity index (χ4n) is 7.19. The molecule has 0 bridgehead atoms. The van der Waals surface area contributed by atoms with Gasteiger partial charge >= 0.3 is 0 Å². The number of phenolic OH excluding ortho intramolecular Hbond substituents is 2. The van der Waals surface area contributed by atoms with Crippen LogP contribution in [0.3, 0.4) is 0 Å². The zero-order chi connectivity index (χ0) is 47.3. The zero-order valence-electron chi connectivity index (χ0n) is 36.0. The number of phenols is 2. The van der Waals surface area contributed by atoms with Gasteiger partial charge in [-0.1, -0.05) is 149 Å². The fraction of sp³-hybridized carbons (Fsp3) is 0.0556. The first-order chi connectivity index (χ1) is 31.9. The van der Waals surface area contributed by atoms with Crippen LogP contribution in [-0.4, -0.2) is 47.2 Å². The molecular weight excluding hydrogens is 829 g/mol. The van der Waals surface area contributed by atoms with E-state index in [0.717, 1.165) is 0 Å². The summed E-state index contributed by atoms with van der Waals surface area (Å²) in [7, 11) is 0. The number of nitrogens with one attached hydrogen (secondary N) is 3. The summed E-state index contributed by atoms with van der Waals surface area (Å²) in [5.74, 6) is -3.62. The molecule has 2 atom stereocenters. The molecule has 1 heterocycles. The number of aliphatic hydroxyl groups excluding tert-OH is 2. The van der Waals surface area contributed by atoms with Crippen molar-refractivity contribution < 1.29 is 30.0 Å². The molecule has 0 aliphatic heterocycles. The minimum absolute atomic E-state index is 0.0130. The van der Waals surface area contributed by atoms with E-state index in [9.17, 15) is 30.0 Å². The standard InChI is InChI=1S/C54H48N6O6/c1-7-12-15-20-28-55-52(64)42-31-35-24-16-18-26-38(35)44(47(42)62)50-58-49(40-29-34(23-14-9-3)30-41(46(40)61)53(65)56-33(6)22-13-8-2)59-51(60-50)45-39-27-19-17-25-36(39)32-43(48(45)63)54(66)57-37(11-5)21-10-4/h7-29,31-32,34,52,55,61-64H,1-6,30H2,(H,56,65)(H,57,66)/b15-12-,22-13-,23-14-,28-20+,37-21+. The van der Waals surface area contributed by atoms with Crippen molar-refractivity contribution in [2.75, 3.05) is 0 Å². The maximum atomic E-state index is 13.9. The lowest BCUT2D eigenvalue weighted by molar-refractivity contribution is -0.117. The van der Waals surface area contributed by atoms with Crippen molar-refractivity contribution in [3.63, 3.8) is 0 Å². The van der Waals surface area contributed by atoms with Crippen LogP contribution in [0.15, 0.2) is 214 Å². The maximum Gasteiger partial charge on any atom is 0.259 e. The smallest absolute Gasteiger partial charge is 0.259 e. The number of amides is 2. The van der Waals surface area contributed by atoms with E-state index in [1.807, 2.05) is 0 Å². The van der Waals surface area contributed by atoms with Gasteiger partial charge in [-0.25, -0.2) is 15.0 Å². The average molecular weight is 877 g/mol. The summed E-state index contributed by atoms with van der Waals surface area (Å²) in [4.78, 5) is 42.4. The third-order valence-corrected chi connectivity index (χ3v) is 10.3. The number of nitrogens with zero attached hydrogens (tertiary/aromatic N) is 3. The van der Waals surface area contributed by atoms with Crippen molar-refractivity contribution in [3.05, 3.63) is 231 Å². The van der Waals surface area contributed by atoms with Crippen LogP contribution in [-0.2, 0) is 4.79 Å². The Morgan fingerprint density at radius 3 is 1.97 bits per heavy atom. The minimum atomic E-state index is -1.43. The molecule has 2 amide bonds. The Morgan fingerprint density at radius 1 is 0.712 bits per heavy atom. The topological polar surface area (TPSA) is 190 Å². The predicted octanol–water partition coefficient (Wildman–Crippen LogP) is 10.1. The lowest BCUT2D eigenvalue weighted by Gasteiger charge is -2.23. The molecule has 7 N–H and O–H groups in total. The third kappa shape index (κ3) is 10.3. The largest absolute Gasteiger partial charge is 0.507 e. The second-order valence-electron chi connectivity index (χ2n) is 14.6. The first kappa shape index (κ1) is 46.6. The van der Waals surface area contributed by atoms with Crippen LogP contribution >= 0.6 is 0 Å². The van der Waals surface area contributed by atoms with Gasteiger partial charge in [0.2, 0.25) is 0 Å². The van der Waals surface area contributed by atoms with Crippen LogP contribution in [0.5, 0.6) is 11.5 Å². The van der Waals surface area contributed by atoms with Crippen molar-refractivity contribution in [1.82, 2.24) is 30.9 Å². The molecule has 1 aliphatic carbocycles. The van der Waals surface area contributed by atoms with Crippen LogP contribution in [0.4, 0.5) is 0 Å². The van der Waals surface area contributed by atoms with Crippen molar-refractivity contribution in [3.8, 4) is 34.3 Å². The Kier molecular flexibility index (Phi) is 15.2. The van der Waals surface area contributed by atoms with Gasteiger partial charge < -0.3 is 36.4 Å². The quantitative estimate of drug-likeness (QED) is 0.0330. The fourth-order valence-corrected chi connectivity index (χ4v) is 7.19. The molecule has 0 spiro atoms. The highest BCUT2D eigenvalue weighted by molar-refractivity contribution is 6.09. The number of carbonyl (C=O) groups excluding carboxylic acids is 2. The Balaban J connectivity index is 1.69. The molecule has 12 heteroatoms. The highest BCUT2D eigenvalue weighted by Crippen LogP contribution is 2.44. The number of aliphatic hydroxyl groups is 2. The molecule has 1 aromatic heterocycles. The number of aromatic hydroxyl groups is 2. The van der Waals surface area contributed by atoms with E-state index in [2.05, 4.69) is 55.4 Å². The number of carbonyl (C=O) groups is 2. The van der Waals surface area contributed by atoms with E-state index in [-0.39, 0.29) is 63.0 Å². The van der Waals surface area contributed by atoms with E-state index in [0.29, 0.717) is 27.2 Å². The second kappa shape index (κ2) is 21.5. The molecule has 66 heavy (non-hydrogen) atoms. The van der Waals surface area contributed by atoms with Gasteiger partial charge in [0.15, 0.2) is 23.7 Å². The van der Waals surface area contributed by atoms with Gasteiger partial charge in [-0.2, -0.15) is 0 Å². The lowest BCUT2D eigenvalue weighted by Crippen LogP contribution is -2.27. The maximum absolute atomic E-state index is 13.9. The molecular formula is C54H48N6O6. The summed E-state index contributed by atoms with van der Waals surface area (Å²) in [5, 5.41) is 58.3. The molecule has 1 aliphatic rings. The predicted molar refractivity (Wildman–Crippen MR) is 263 cm³/mol. The third-order valence-electron chi connectivity index (χ3n) is 10.3. The molecule has 0 saturated carbocycles. The number of hydrogen-bond acceptors (Lipinski definition) is 10. The number of hydrogen-bond donors (Lipinski definition) is 7. The Morgan fingerprint density at radius 2 is 1.33 bits per heavy atom. The van der Waals surface area contributed by atoms with Crippen molar-refractivity contribution in [2.45, 2.75) is 12.6 Å². The summed E-state index contributed by atoms with van der Waals surface area (Å²) in [5.41, 5.74) is 0.589. The molecule has 0 saturated heterocycles. The zero-order valence-corrected chi connectivity index (χ0v) is 36.0. The van der Waals surface area contributed by atoms with E-state index in [1.165, 1.54) is 30.5 Å². The number of rotatable bonds is 18. The molecule has 2 unspecified atom stereocenters. The summed E-state index contributed by atoms with van der Waals surface area (Å²) < 4.78 is 0. The van der Waals surface area contributed by atoms with Crippen LogP contribution in [0.25, 0.3) is 49.9 Å². The molecule has 0 radical (unpaired) electrons. The first-order valence-electron chi connectivity index (χ1n) is 20.6. The second-order valence-corrected chi connectivity index (χ2v) is 14.6. The summed E-state index contributed by atoms with van der Waals surface area (Å²) >= 11 is 0. The van der Waals surface area contributed by atoms with Gasteiger partial charge in [0.25, 0.3) is 11.8 Å². The van der Waals surface area contributed by atoms with E-state index in [4.69, 9.17) is 15.0 Å². The van der Waals surface area contributed by atoms with Crippen molar-refractivity contribution in [1.29, 1.82) is 0 Å². The van der Waals surface area contributed by atoms with Gasteiger partial charge in [0, 0.05) is 22.9 Å². The number of fused-ring (bicyclic) bond motifs is 2. The lowest BCUT2D eigenvalue weighted by atomic mass is 9.87. The summed E-state index contributed by atoms with van der Waals surface area (Å²) in [6.45, 7) is 22.4. The Bertz CT molecular complexity index is 3040. The Hall–Kier alpha value is -8.87. The molecule has 4 aromatic carbocycles. The van der Waals surface area contributed by atoms with E-state index in [1.54, 1.807) is 121 Å². The number of benzene rings is 4. The summed E-state index contributed by atoms with van der Waals surface area (Å²) in [6.07, 6.45) is 22.7. The molecule has 0 fully saturated rings. The molecule has 6 rings (SSSR count). The number of allylic oxidation sites excluding steroid dienone is 15. The highest BCUT2D eigenvalue weighted by atomic mass is 16.3. The summed E-state index contributed by atoms with van der Waals surface area (Å²) in [6, 6.07) is 17.2. The monoisotopic (exact) mass is 876 g/mol. The van der Waals surface area contributed by atoms with Crippen LogP contribution in [0, 0.1) is 5.92 Å². The van der Waals surface area contributed by atoms with Crippen LogP contribution < -0.4 is 16.0 Å². The van der Waals surface area contributed by atoms with Crippen molar-refractivity contribution >= 4 is 38.9 Å². The normalized spacial score (nSPS) is 14.7. The highest BCUT2D eigenvalue weighted by Gasteiger charge is 2.31. The van der Waals surface area contributed by atoms with Gasteiger partial charge in [-0.3, -0.25) is 9.59 Å². The molecule has 330 valence electrons. The van der Waals surface area contributed by atoms with Gasteiger partial charge in [-0.05, 0) is 70.6 Å². The molecule has 12 nitrogen and oxygen atoms in total. The Labute approximate surface area is 382 Å². The van der Waals surface area contributed by atoms with Gasteiger partial charge in [0.05, 0.1) is 27.8 Å². The first-order valence-corrected chi connectivity index (χ1v) is 20.6. The van der Waals surface area contributed by atoms with Crippen molar-refractivity contribution in [2.24, 2.45) is 5.92 Å². The van der Waals surface area contributed by atoms with Crippen LogP contribution in [0.2, 0.25) is 0 Å². The SMILES string of the molecule is C=C/C=C\C=C\NC(O)c1cc2ccccc2c(-c2nc(C3=CC(/C=C\C=C)CC(C(=O)NC(=C)/C=C\C=C)=C3O)nc(-c3c(O)c(C(=O)N/C(C=C)=C/C=C)cc4ccccc34)n2)c1O. The van der Waals surface area contributed by atoms with E-state index >= 15 is 0 Å². The van der Waals surface area contributed by atoms with Gasteiger partial charge in [0.1, 0.15) is 17.3 Å². The number of aromatic nitrogens is 3. The van der Waals surface area contributed by atoms with Crippen LogP contribution in [0.1, 0.15) is 34.4 Å². The molecule has 5 aromatic rings. The van der Waals surface area contributed by atoms with Gasteiger partial charge in [-0.15, -0.1) is 0 Å². The minimum Gasteiger partial charge on any atom is -0.507 e.